The molecule has 18 heavy (non-hydrogen) atoms. The summed E-state index contributed by atoms with van der Waals surface area (Å²) in [6.45, 7) is 1.65. The fourth-order valence-corrected chi connectivity index (χ4v) is 5.05. The van der Waals surface area contributed by atoms with E-state index in [-0.39, 0.29) is 11.6 Å². The maximum Gasteiger partial charge on any atom is 0.154 e. The molecule has 1 aliphatic rings. The van der Waals surface area contributed by atoms with Crippen molar-refractivity contribution in [3.05, 3.63) is 35.1 Å². The third kappa shape index (κ3) is 2.69. The van der Waals surface area contributed by atoms with Gasteiger partial charge in [-0.1, -0.05) is 18.6 Å². The molecule has 2 nitrogen and oxygen atoms in total. The van der Waals surface area contributed by atoms with Gasteiger partial charge in [0.2, 0.25) is 0 Å². The van der Waals surface area contributed by atoms with Crippen LogP contribution in [0.3, 0.4) is 0 Å². The molecule has 0 spiro atoms. The van der Waals surface area contributed by atoms with Gasteiger partial charge in [-0.25, -0.2) is 12.8 Å². The second-order valence-corrected chi connectivity index (χ2v) is 7.62. The number of aryl methyl sites for hydroxylation is 1. The second kappa shape index (κ2) is 5.17. The summed E-state index contributed by atoms with van der Waals surface area (Å²) < 4.78 is 37.2. The van der Waals surface area contributed by atoms with E-state index in [9.17, 15) is 12.8 Å². The number of benzene rings is 1. The molecule has 100 valence electrons. The molecule has 1 heterocycles. The Morgan fingerprint density at radius 3 is 2.72 bits per heavy atom. The van der Waals surface area contributed by atoms with E-state index in [2.05, 4.69) is 0 Å². The molecule has 1 aliphatic heterocycles. The summed E-state index contributed by atoms with van der Waals surface area (Å²) in [5, 5.41) is -1.13. The van der Waals surface area contributed by atoms with Crippen molar-refractivity contribution >= 4 is 21.4 Å². The van der Waals surface area contributed by atoms with Crippen LogP contribution < -0.4 is 0 Å². The number of alkyl halides is 1. The molecule has 1 fully saturated rings. The van der Waals surface area contributed by atoms with E-state index in [1.165, 1.54) is 6.07 Å². The summed E-state index contributed by atoms with van der Waals surface area (Å²) in [6, 6.07) is 4.55. The van der Waals surface area contributed by atoms with Crippen molar-refractivity contribution < 1.29 is 12.8 Å². The summed E-state index contributed by atoms with van der Waals surface area (Å²) in [5.74, 6) is -0.0877. The molecule has 1 saturated heterocycles. The van der Waals surface area contributed by atoms with Gasteiger partial charge in [-0.15, -0.1) is 11.6 Å². The van der Waals surface area contributed by atoms with Crippen LogP contribution in [-0.4, -0.2) is 19.4 Å². The highest BCUT2D eigenvalue weighted by atomic mass is 35.5. The molecule has 0 bridgehead atoms. The van der Waals surface area contributed by atoms with Crippen molar-refractivity contribution in [2.45, 2.75) is 36.8 Å². The first kappa shape index (κ1) is 13.8. The molecule has 2 unspecified atom stereocenters. The third-order valence-electron chi connectivity index (χ3n) is 3.46. The first-order valence-electron chi connectivity index (χ1n) is 6.03. The van der Waals surface area contributed by atoms with Gasteiger partial charge in [0.15, 0.2) is 9.84 Å². The lowest BCUT2D eigenvalue weighted by molar-refractivity contribution is 0.533. The van der Waals surface area contributed by atoms with Crippen molar-refractivity contribution in [2.75, 3.05) is 5.75 Å². The quantitative estimate of drug-likeness (QED) is 0.783. The van der Waals surface area contributed by atoms with Gasteiger partial charge in [0, 0.05) is 0 Å². The van der Waals surface area contributed by atoms with Crippen LogP contribution in [0.5, 0.6) is 0 Å². The summed E-state index contributed by atoms with van der Waals surface area (Å²) in [7, 11) is -3.12. The van der Waals surface area contributed by atoms with Crippen LogP contribution in [0.25, 0.3) is 0 Å². The van der Waals surface area contributed by atoms with Crippen molar-refractivity contribution in [3.8, 4) is 0 Å². The van der Waals surface area contributed by atoms with Crippen LogP contribution >= 0.6 is 11.6 Å². The fraction of sp³-hybridized carbons (Fsp3) is 0.538. The fourth-order valence-electron chi connectivity index (χ4n) is 2.36. The summed E-state index contributed by atoms with van der Waals surface area (Å²) in [5.41, 5.74) is 1.18. The average Bonchev–Trinajstić information content (AvgIpc) is 2.31. The number of rotatable bonds is 2. The third-order valence-corrected chi connectivity index (χ3v) is 6.45. The Morgan fingerprint density at radius 2 is 2.11 bits per heavy atom. The lowest BCUT2D eigenvalue weighted by Crippen LogP contribution is -2.31. The highest BCUT2D eigenvalue weighted by molar-refractivity contribution is 7.92. The predicted octanol–water partition coefficient (Wildman–Crippen LogP) is 3.38. The van der Waals surface area contributed by atoms with Crippen molar-refractivity contribution in [2.24, 2.45) is 0 Å². The van der Waals surface area contributed by atoms with Crippen LogP contribution in [-0.2, 0) is 9.84 Å². The van der Waals surface area contributed by atoms with E-state index in [0.717, 1.165) is 6.42 Å². The molecule has 0 saturated carbocycles. The maximum absolute atomic E-state index is 13.2. The molecule has 0 N–H and O–H groups in total. The minimum absolute atomic E-state index is 0.209. The lowest BCUT2D eigenvalue weighted by Gasteiger charge is -2.26. The van der Waals surface area contributed by atoms with E-state index < -0.39 is 20.5 Å². The van der Waals surface area contributed by atoms with Gasteiger partial charge in [0.05, 0.1) is 16.4 Å². The van der Waals surface area contributed by atoms with Crippen molar-refractivity contribution in [1.29, 1.82) is 0 Å². The normalized spacial score (nSPS) is 24.7. The zero-order valence-electron chi connectivity index (χ0n) is 10.2. The molecular formula is C13H16ClFO2S. The number of sulfone groups is 1. The van der Waals surface area contributed by atoms with Gasteiger partial charge in [-0.05, 0) is 37.0 Å². The van der Waals surface area contributed by atoms with Gasteiger partial charge in [-0.2, -0.15) is 0 Å². The molecule has 0 radical (unpaired) electrons. The van der Waals surface area contributed by atoms with E-state index in [4.69, 9.17) is 11.6 Å². The number of hydrogen-bond acceptors (Lipinski definition) is 2. The van der Waals surface area contributed by atoms with E-state index in [1.807, 2.05) is 0 Å². The smallest absolute Gasteiger partial charge is 0.154 e. The largest absolute Gasteiger partial charge is 0.228 e. The standard InChI is InChI=1S/C13H16ClFO2S/c1-9-8-10(5-6-11(9)15)13(14)12-4-2-3-7-18(12,16)17/h5-6,8,12-13H,2-4,7H2,1H3. The van der Waals surface area contributed by atoms with E-state index in [1.54, 1.807) is 19.1 Å². The Balaban J connectivity index is 2.30. The Kier molecular flexibility index (Phi) is 3.97. The Hall–Kier alpha value is -0.610. The van der Waals surface area contributed by atoms with Crippen molar-refractivity contribution in [1.82, 2.24) is 0 Å². The van der Waals surface area contributed by atoms with Crippen LogP contribution in [0.4, 0.5) is 4.39 Å². The topological polar surface area (TPSA) is 34.1 Å². The molecule has 2 rings (SSSR count). The first-order valence-corrected chi connectivity index (χ1v) is 8.19. The predicted molar refractivity (Wildman–Crippen MR) is 71.2 cm³/mol. The minimum Gasteiger partial charge on any atom is -0.228 e. The van der Waals surface area contributed by atoms with Gasteiger partial charge >= 0.3 is 0 Å². The Bertz CT molecular complexity index is 542. The molecule has 1 aromatic rings. The SMILES string of the molecule is Cc1cc(C(Cl)C2CCCCS2(=O)=O)ccc1F. The summed E-state index contributed by atoms with van der Waals surface area (Å²) >= 11 is 6.29. The average molecular weight is 291 g/mol. The summed E-state index contributed by atoms with van der Waals surface area (Å²) in [6.07, 6.45) is 2.19. The second-order valence-electron chi connectivity index (χ2n) is 4.81. The Morgan fingerprint density at radius 1 is 1.39 bits per heavy atom. The lowest BCUT2D eigenvalue weighted by atomic mass is 10.0. The van der Waals surface area contributed by atoms with Gasteiger partial charge in [-0.3, -0.25) is 0 Å². The first-order chi connectivity index (χ1) is 8.42. The zero-order valence-corrected chi connectivity index (χ0v) is 11.8. The van der Waals surface area contributed by atoms with E-state index in [0.29, 0.717) is 24.0 Å². The Labute approximate surface area is 112 Å². The minimum atomic E-state index is -3.12. The highest BCUT2D eigenvalue weighted by Crippen LogP contribution is 2.35. The molecule has 1 aromatic carbocycles. The molecular weight excluding hydrogens is 275 g/mol. The molecule has 5 heteroatoms. The van der Waals surface area contributed by atoms with Crippen LogP contribution in [0.1, 0.15) is 35.8 Å². The van der Waals surface area contributed by atoms with Gasteiger partial charge < -0.3 is 0 Å². The van der Waals surface area contributed by atoms with Crippen LogP contribution in [0.2, 0.25) is 0 Å². The number of halogens is 2. The highest BCUT2D eigenvalue weighted by Gasteiger charge is 2.35. The molecule has 0 aliphatic carbocycles. The van der Waals surface area contributed by atoms with Gasteiger partial charge in [0.25, 0.3) is 0 Å². The maximum atomic E-state index is 13.2. The summed E-state index contributed by atoms with van der Waals surface area (Å²) in [4.78, 5) is 0. The zero-order chi connectivity index (χ0) is 13.3. The van der Waals surface area contributed by atoms with Crippen molar-refractivity contribution in [3.63, 3.8) is 0 Å². The monoisotopic (exact) mass is 290 g/mol. The number of hydrogen-bond donors (Lipinski definition) is 0. The van der Waals surface area contributed by atoms with Crippen LogP contribution in [0.15, 0.2) is 18.2 Å². The molecule has 0 aromatic heterocycles. The molecule has 0 amide bonds. The van der Waals surface area contributed by atoms with Gasteiger partial charge in [0.1, 0.15) is 5.82 Å². The van der Waals surface area contributed by atoms with Crippen LogP contribution in [0, 0.1) is 12.7 Å². The van der Waals surface area contributed by atoms with E-state index >= 15 is 0 Å². The molecule has 2 atom stereocenters.